The summed E-state index contributed by atoms with van der Waals surface area (Å²) < 4.78 is 25.4. The van der Waals surface area contributed by atoms with Gasteiger partial charge in [-0.05, 0) is 50.5 Å². The molecule has 1 aromatic carbocycles. The van der Waals surface area contributed by atoms with Gasteiger partial charge < -0.3 is 4.90 Å². The van der Waals surface area contributed by atoms with E-state index in [4.69, 9.17) is 0 Å². The van der Waals surface area contributed by atoms with Crippen LogP contribution in [0.3, 0.4) is 0 Å². The number of piperidine rings is 1. The topological polar surface area (TPSA) is 49.4 Å². The molecule has 0 radical (unpaired) electrons. The summed E-state index contributed by atoms with van der Waals surface area (Å²) in [6, 6.07) is 7.63. The summed E-state index contributed by atoms with van der Waals surface area (Å²) in [6.07, 6.45) is 3.79. The van der Waals surface area contributed by atoms with Crippen molar-refractivity contribution >= 4 is 21.4 Å². The second kappa shape index (κ2) is 5.61. The van der Waals surface area contributed by atoms with E-state index in [9.17, 15) is 8.42 Å². The second-order valence-corrected chi connectivity index (χ2v) is 6.61. The van der Waals surface area contributed by atoms with Gasteiger partial charge in [-0.1, -0.05) is 0 Å². The highest BCUT2D eigenvalue weighted by molar-refractivity contribution is 7.92. The van der Waals surface area contributed by atoms with Crippen LogP contribution in [-0.4, -0.2) is 27.3 Å². The SMILES string of the molecule is CCS(=O)(=O)Nc1ccc(N2CCCCC2)cc1. The van der Waals surface area contributed by atoms with Crippen LogP contribution < -0.4 is 9.62 Å². The first-order valence-electron chi connectivity index (χ1n) is 6.46. The molecule has 2 rings (SSSR count). The number of rotatable bonds is 4. The molecule has 1 N–H and O–H groups in total. The van der Waals surface area contributed by atoms with E-state index in [-0.39, 0.29) is 5.75 Å². The van der Waals surface area contributed by atoms with Gasteiger partial charge in [0.15, 0.2) is 0 Å². The molecule has 4 nitrogen and oxygen atoms in total. The maximum absolute atomic E-state index is 11.4. The van der Waals surface area contributed by atoms with Gasteiger partial charge in [-0.25, -0.2) is 8.42 Å². The van der Waals surface area contributed by atoms with Gasteiger partial charge in [-0.3, -0.25) is 4.72 Å². The van der Waals surface area contributed by atoms with Gasteiger partial charge in [0.2, 0.25) is 10.0 Å². The van der Waals surface area contributed by atoms with Crippen LogP contribution in [-0.2, 0) is 10.0 Å². The lowest BCUT2D eigenvalue weighted by molar-refractivity contribution is 0.578. The third-order valence-electron chi connectivity index (χ3n) is 3.24. The normalized spacial score (nSPS) is 16.6. The van der Waals surface area contributed by atoms with Crippen LogP contribution in [0.15, 0.2) is 24.3 Å². The molecule has 1 heterocycles. The molecule has 0 amide bonds. The Kier molecular flexibility index (Phi) is 4.11. The van der Waals surface area contributed by atoms with Crippen molar-refractivity contribution in [2.45, 2.75) is 26.2 Å². The number of anilines is 2. The molecule has 1 aliphatic rings. The summed E-state index contributed by atoms with van der Waals surface area (Å²) in [5.41, 5.74) is 1.81. The van der Waals surface area contributed by atoms with Gasteiger partial charge in [0, 0.05) is 24.5 Å². The molecule has 100 valence electrons. The lowest BCUT2D eigenvalue weighted by atomic mass is 10.1. The van der Waals surface area contributed by atoms with Crippen molar-refractivity contribution in [3.63, 3.8) is 0 Å². The summed E-state index contributed by atoms with van der Waals surface area (Å²) in [5, 5.41) is 0. The summed E-state index contributed by atoms with van der Waals surface area (Å²) in [5.74, 6) is 0.0981. The molecule has 5 heteroatoms. The number of benzene rings is 1. The van der Waals surface area contributed by atoms with E-state index < -0.39 is 10.0 Å². The predicted octanol–water partition coefficient (Wildman–Crippen LogP) is 2.44. The van der Waals surface area contributed by atoms with Gasteiger partial charge in [-0.2, -0.15) is 0 Å². The van der Waals surface area contributed by atoms with Crippen LogP contribution in [0.1, 0.15) is 26.2 Å². The molecule has 1 aliphatic heterocycles. The standard InChI is InChI=1S/C13H20N2O2S/c1-2-18(16,17)14-12-6-8-13(9-7-12)15-10-4-3-5-11-15/h6-9,14H,2-5,10-11H2,1H3. The Labute approximate surface area is 109 Å². The minimum atomic E-state index is -3.17. The highest BCUT2D eigenvalue weighted by atomic mass is 32.2. The molecule has 18 heavy (non-hydrogen) atoms. The molecule has 0 spiro atoms. The van der Waals surface area contributed by atoms with E-state index in [1.165, 1.54) is 24.9 Å². The first-order valence-corrected chi connectivity index (χ1v) is 8.11. The Balaban J connectivity index is 2.05. The van der Waals surface area contributed by atoms with Crippen molar-refractivity contribution < 1.29 is 8.42 Å². The smallest absolute Gasteiger partial charge is 0.232 e. The third-order valence-corrected chi connectivity index (χ3v) is 4.55. The largest absolute Gasteiger partial charge is 0.372 e. The molecule has 1 saturated heterocycles. The van der Waals surface area contributed by atoms with Crippen LogP contribution >= 0.6 is 0 Å². The second-order valence-electron chi connectivity index (χ2n) is 4.60. The quantitative estimate of drug-likeness (QED) is 0.912. The lowest BCUT2D eigenvalue weighted by Crippen LogP contribution is -2.29. The fraction of sp³-hybridized carbons (Fsp3) is 0.538. The lowest BCUT2D eigenvalue weighted by Gasteiger charge is -2.28. The number of nitrogens with zero attached hydrogens (tertiary/aromatic N) is 1. The van der Waals surface area contributed by atoms with Crippen LogP contribution in [0.2, 0.25) is 0 Å². The van der Waals surface area contributed by atoms with E-state index in [1.807, 2.05) is 24.3 Å². The van der Waals surface area contributed by atoms with Crippen LogP contribution in [0.5, 0.6) is 0 Å². The third kappa shape index (κ3) is 3.38. The average Bonchev–Trinajstić information content (AvgIpc) is 2.40. The Morgan fingerprint density at radius 2 is 1.72 bits per heavy atom. The van der Waals surface area contributed by atoms with Gasteiger partial charge in [0.1, 0.15) is 0 Å². The molecule has 1 fully saturated rings. The molecule has 0 aliphatic carbocycles. The van der Waals surface area contributed by atoms with Crippen molar-refractivity contribution in [3.8, 4) is 0 Å². The summed E-state index contributed by atoms with van der Waals surface area (Å²) in [6.45, 7) is 3.82. The zero-order valence-electron chi connectivity index (χ0n) is 10.7. The zero-order valence-corrected chi connectivity index (χ0v) is 11.5. The summed E-state index contributed by atoms with van der Waals surface area (Å²) >= 11 is 0. The number of hydrogen-bond donors (Lipinski definition) is 1. The highest BCUT2D eigenvalue weighted by Gasteiger charge is 2.11. The minimum Gasteiger partial charge on any atom is -0.372 e. The highest BCUT2D eigenvalue weighted by Crippen LogP contribution is 2.22. The van der Waals surface area contributed by atoms with Crippen LogP contribution in [0.25, 0.3) is 0 Å². The Hall–Kier alpha value is -1.23. The molecule has 0 saturated carbocycles. The molecular formula is C13H20N2O2S. The zero-order chi connectivity index (χ0) is 13.0. The van der Waals surface area contributed by atoms with Gasteiger partial charge in [0.25, 0.3) is 0 Å². The number of sulfonamides is 1. The summed E-state index contributed by atoms with van der Waals surface area (Å²) in [4.78, 5) is 2.35. The molecule has 0 bridgehead atoms. The first kappa shape index (κ1) is 13.2. The van der Waals surface area contributed by atoms with Gasteiger partial charge >= 0.3 is 0 Å². The van der Waals surface area contributed by atoms with Gasteiger partial charge in [-0.15, -0.1) is 0 Å². The maximum atomic E-state index is 11.4. The van der Waals surface area contributed by atoms with E-state index in [1.54, 1.807) is 6.92 Å². The molecule has 0 aromatic heterocycles. The van der Waals surface area contributed by atoms with E-state index >= 15 is 0 Å². The van der Waals surface area contributed by atoms with Crippen LogP contribution in [0.4, 0.5) is 11.4 Å². The van der Waals surface area contributed by atoms with Crippen molar-refractivity contribution in [2.75, 3.05) is 28.5 Å². The summed E-state index contributed by atoms with van der Waals surface area (Å²) in [7, 11) is -3.17. The maximum Gasteiger partial charge on any atom is 0.232 e. The Morgan fingerprint density at radius 3 is 2.28 bits per heavy atom. The van der Waals surface area contributed by atoms with E-state index in [0.717, 1.165) is 13.1 Å². The fourth-order valence-electron chi connectivity index (χ4n) is 2.14. The molecule has 0 unspecified atom stereocenters. The van der Waals surface area contributed by atoms with Crippen molar-refractivity contribution in [3.05, 3.63) is 24.3 Å². The molecule has 0 atom stereocenters. The van der Waals surface area contributed by atoms with Gasteiger partial charge in [0.05, 0.1) is 5.75 Å². The number of hydrogen-bond acceptors (Lipinski definition) is 3. The minimum absolute atomic E-state index is 0.0981. The first-order chi connectivity index (χ1) is 8.61. The molecular weight excluding hydrogens is 248 g/mol. The Morgan fingerprint density at radius 1 is 1.11 bits per heavy atom. The Bertz CT molecular complexity index is 476. The number of nitrogens with one attached hydrogen (secondary N) is 1. The monoisotopic (exact) mass is 268 g/mol. The average molecular weight is 268 g/mol. The fourth-order valence-corrected chi connectivity index (χ4v) is 2.78. The van der Waals surface area contributed by atoms with Crippen molar-refractivity contribution in [2.24, 2.45) is 0 Å². The van der Waals surface area contributed by atoms with E-state index in [2.05, 4.69) is 9.62 Å². The van der Waals surface area contributed by atoms with Crippen molar-refractivity contribution in [1.82, 2.24) is 0 Å². The van der Waals surface area contributed by atoms with Crippen molar-refractivity contribution in [1.29, 1.82) is 0 Å². The van der Waals surface area contributed by atoms with Crippen LogP contribution in [0, 0.1) is 0 Å². The van der Waals surface area contributed by atoms with E-state index in [0.29, 0.717) is 5.69 Å². The predicted molar refractivity (Wildman–Crippen MR) is 75.6 cm³/mol. The molecule has 1 aromatic rings.